The van der Waals surface area contributed by atoms with E-state index < -0.39 is 0 Å². The third-order valence-corrected chi connectivity index (χ3v) is 3.56. The van der Waals surface area contributed by atoms with Crippen LogP contribution in [0.4, 0.5) is 0 Å². The number of benzene rings is 1. The number of rotatable bonds is 3. The van der Waals surface area contributed by atoms with E-state index in [9.17, 15) is 4.79 Å². The molecule has 1 aliphatic carbocycles. The fraction of sp³-hybridized carbons (Fsp3) is 0.333. The first-order valence-corrected chi connectivity index (χ1v) is 6.58. The maximum Gasteiger partial charge on any atom is 0.339 e. The lowest BCUT2D eigenvalue weighted by molar-refractivity contribution is 0.307. The number of ether oxygens (including phenoxy) is 1. The molecule has 0 aliphatic heterocycles. The van der Waals surface area contributed by atoms with Crippen molar-refractivity contribution < 1.29 is 14.4 Å². The van der Waals surface area contributed by atoms with Gasteiger partial charge in [-0.1, -0.05) is 5.16 Å². The Labute approximate surface area is 115 Å². The quantitative estimate of drug-likeness (QED) is 0.403. The molecule has 5 heteroatoms. The Morgan fingerprint density at radius 3 is 3.00 bits per heavy atom. The van der Waals surface area contributed by atoms with Gasteiger partial charge in [-0.2, -0.15) is 0 Å². The molecule has 0 atom stereocenters. The SMILES string of the molecule is C/C(COc1ccc2c3c(c(=O)oc2c1)CCC3)=N/O. The van der Waals surface area contributed by atoms with Gasteiger partial charge in [0, 0.05) is 17.0 Å². The van der Waals surface area contributed by atoms with E-state index in [1.165, 1.54) is 0 Å². The highest BCUT2D eigenvalue weighted by molar-refractivity contribution is 5.84. The first-order valence-electron chi connectivity index (χ1n) is 6.58. The van der Waals surface area contributed by atoms with E-state index in [0.29, 0.717) is 17.0 Å². The van der Waals surface area contributed by atoms with Crippen molar-refractivity contribution >= 4 is 16.7 Å². The molecule has 3 rings (SSSR count). The van der Waals surface area contributed by atoms with E-state index in [1.807, 2.05) is 12.1 Å². The van der Waals surface area contributed by atoms with Crippen LogP contribution >= 0.6 is 0 Å². The number of hydrogen-bond acceptors (Lipinski definition) is 5. The first kappa shape index (κ1) is 12.7. The molecule has 1 aromatic heterocycles. The Morgan fingerprint density at radius 1 is 1.40 bits per heavy atom. The molecule has 0 unspecified atom stereocenters. The Bertz CT molecular complexity index is 745. The second kappa shape index (κ2) is 5.00. The van der Waals surface area contributed by atoms with E-state index in [4.69, 9.17) is 14.4 Å². The zero-order chi connectivity index (χ0) is 14.1. The largest absolute Gasteiger partial charge is 0.487 e. The van der Waals surface area contributed by atoms with Crippen molar-refractivity contribution in [2.75, 3.05) is 6.61 Å². The number of oxime groups is 1. The van der Waals surface area contributed by atoms with E-state index >= 15 is 0 Å². The molecule has 0 spiro atoms. The lowest BCUT2D eigenvalue weighted by atomic mass is 10.1. The van der Waals surface area contributed by atoms with Crippen LogP contribution in [-0.2, 0) is 12.8 Å². The molecule has 5 nitrogen and oxygen atoms in total. The van der Waals surface area contributed by atoms with Gasteiger partial charge in [0.1, 0.15) is 17.9 Å². The summed E-state index contributed by atoms with van der Waals surface area (Å²) in [6.45, 7) is 1.85. The van der Waals surface area contributed by atoms with Gasteiger partial charge in [0.2, 0.25) is 0 Å². The molecule has 0 radical (unpaired) electrons. The highest BCUT2D eigenvalue weighted by atomic mass is 16.5. The van der Waals surface area contributed by atoms with Crippen LogP contribution in [0.15, 0.2) is 32.6 Å². The number of nitrogens with zero attached hydrogens (tertiary/aromatic N) is 1. The minimum Gasteiger partial charge on any atom is -0.487 e. The first-order chi connectivity index (χ1) is 9.69. The predicted octanol–water partition coefficient (Wildman–Crippen LogP) is 2.51. The molecule has 0 saturated heterocycles. The van der Waals surface area contributed by atoms with Gasteiger partial charge in [-0.3, -0.25) is 0 Å². The fourth-order valence-corrected chi connectivity index (χ4v) is 2.57. The van der Waals surface area contributed by atoms with Crippen molar-refractivity contribution in [3.05, 3.63) is 39.7 Å². The van der Waals surface area contributed by atoms with Crippen LogP contribution in [0.2, 0.25) is 0 Å². The molecule has 1 heterocycles. The predicted molar refractivity (Wildman–Crippen MR) is 74.9 cm³/mol. The average molecular weight is 273 g/mol. The lowest BCUT2D eigenvalue weighted by Crippen LogP contribution is -2.08. The summed E-state index contributed by atoms with van der Waals surface area (Å²) in [5.74, 6) is 0.585. The van der Waals surface area contributed by atoms with Crippen molar-refractivity contribution in [1.29, 1.82) is 0 Å². The molecule has 20 heavy (non-hydrogen) atoms. The summed E-state index contributed by atoms with van der Waals surface area (Å²) in [5, 5.41) is 12.6. The zero-order valence-electron chi connectivity index (χ0n) is 11.2. The van der Waals surface area contributed by atoms with Crippen molar-refractivity contribution in [3.63, 3.8) is 0 Å². The maximum atomic E-state index is 11.9. The Balaban J connectivity index is 2.00. The van der Waals surface area contributed by atoms with Gasteiger partial charge in [-0.25, -0.2) is 4.79 Å². The lowest BCUT2D eigenvalue weighted by Gasteiger charge is -2.08. The fourth-order valence-electron chi connectivity index (χ4n) is 2.57. The summed E-state index contributed by atoms with van der Waals surface area (Å²) in [7, 11) is 0. The second-order valence-electron chi connectivity index (χ2n) is 4.98. The molecule has 1 aromatic carbocycles. The van der Waals surface area contributed by atoms with E-state index in [0.717, 1.165) is 35.8 Å². The molecule has 1 aliphatic rings. The Kier molecular flexibility index (Phi) is 3.18. The van der Waals surface area contributed by atoms with Crippen LogP contribution in [0.5, 0.6) is 5.75 Å². The van der Waals surface area contributed by atoms with Crippen LogP contribution in [0.1, 0.15) is 24.5 Å². The van der Waals surface area contributed by atoms with Crippen molar-refractivity contribution in [2.24, 2.45) is 5.16 Å². The monoisotopic (exact) mass is 273 g/mol. The topological polar surface area (TPSA) is 72.0 Å². The van der Waals surface area contributed by atoms with Crippen LogP contribution in [0, 0.1) is 0 Å². The standard InChI is InChI=1S/C15H15NO4/c1-9(16-18)8-19-10-5-6-12-11-3-2-4-13(11)15(17)20-14(12)7-10/h5-7,18H,2-4,8H2,1H3/b16-9-. The van der Waals surface area contributed by atoms with Gasteiger partial charge in [-0.15, -0.1) is 0 Å². The molecule has 0 bridgehead atoms. The smallest absolute Gasteiger partial charge is 0.339 e. The van der Waals surface area contributed by atoms with Crippen LogP contribution in [-0.4, -0.2) is 17.5 Å². The van der Waals surface area contributed by atoms with Gasteiger partial charge >= 0.3 is 5.63 Å². The van der Waals surface area contributed by atoms with Crippen molar-refractivity contribution in [3.8, 4) is 5.75 Å². The maximum absolute atomic E-state index is 11.9. The normalized spacial score (nSPS) is 14.6. The Morgan fingerprint density at radius 2 is 2.20 bits per heavy atom. The molecule has 104 valence electrons. The van der Waals surface area contributed by atoms with Crippen molar-refractivity contribution in [1.82, 2.24) is 0 Å². The van der Waals surface area contributed by atoms with Gasteiger partial charge in [0.05, 0.1) is 5.71 Å². The van der Waals surface area contributed by atoms with Crippen molar-refractivity contribution in [2.45, 2.75) is 26.2 Å². The molecule has 1 N–H and O–H groups in total. The summed E-state index contributed by atoms with van der Waals surface area (Å²) < 4.78 is 10.8. The molecule has 2 aromatic rings. The number of fused-ring (bicyclic) bond motifs is 3. The number of hydrogen-bond donors (Lipinski definition) is 1. The molecule has 0 fully saturated rings. The average Bonchev–Trinajstić information content (AvgIpc) is 2.94. The molecular weight excluding hydrogens is 258 g/mol. The highest BCUT2D eigenvalue weighted by Gasteiger charge is 2.19. The van der Waals surface area contributed by atoms with Gasteiger partial charge in [-0.05, 0) is 43.9 Å². The second-order valence-corrected chi connectivity index (χ2v) is 4.98. The van der Waals surface area contributed by atoms with Gasteiger partial charge in [0.25, 0.3) is 0 Å². The van der Waals surface area contributed by atoms with Crippen LogP contribution in [0.3, 0.4) is 0 Å². The third kappa shape index (κ3) is 2.15. The molecular formula is C15H15NO4. The summed E-state index contributed by atoms with van der Waals surface area (Å²) in [4.78, 5) is 11.9. The minimum absolute atomic E-state index is 0.192. The molecule has 0 amide bonds. The van der Waals surface area contributed by atoms with E-state index in [1.54, 1.807) is 13.0 Å². The van der Waals surface area contributed by atoms with Crippen LogP contribution < -0.4 is 10.4 Å². The minimum atomic E-state index is -0.241. The third-order valence-electron chi connectivity index (χ3n) is 3.56. The highest BCUT2D eigenvalue weighted by Crippen LogP contribution is 2.29. The van der Waals surface area contributed by atoms with Gasteiger partial charge < -0.3 is 14.4 Å². The van der Waals surface area contributed by atoms with E-state index in [2.05, 4.69) is 5.16 Å². The number of aryl methyl sites for hydroxylation is 1. The summed E-state index contributed by atoms with van der Waals surface area (Å²) in [5.41, 5.74) is 2.70. The van der Waals surface area contributed by atoms with Crippen LogP contribution in [0.25, 0.3) is 11.0 Å². The summed E-state index contributed by atoms with van der Waals surface area (Å²) >= 11 is 0. The Hall–Kier alpha value is -2.30. The molecule has 0 saturated carbocycles. The van der Waals surface area contributed by atoms with Gasteiger partial charge in [0.15, 0.2) is 0 Å². The van der Waals surface area contributed by atoms with E-state index in [-0.39, 0.29) is 12.2 Å². The summed E-state index contributed by atoms with van der Waals surface area (Å²) in [6.07, 6.45) is 2.73. The summed E-state index contributed by atoms with van der Waals surface area (Å²) in [6, 6.07) is 5.47. The zero-order valence-corrected chi connectivity index (χ0v) is 11.2.